The van der Waals surface area contributed by atoms with Crippen LogP contribution >= 0.6 is 0 Å². The largest absolute Gasteiger partial charge is 0.368 e. The molecule has 0 aromatic heterocycles. The van der Waals surface area contributed by atoms with Gasteiger partial charge in [-0.2, -0.15) is 0 Å². The van der Waals surface area contributed by atoms with E-state index in [-0.39, 0.29) is 17.7 Å². The summed E-state index contributed by atoms with van der Waals surface area (Å²) >= 11 is 0. The van der Waals surface area contributed by atoms with Gasteiger partial charge in [-0.05, 0) is 42.7 Å². The van der Waals surface area contributed by atoms with Crippen molar-refractivity contribution < 1.29 is 8.78 Å². The summed E-state index contributed by atoms with van der Waals surface area (Å²) in [5.74, 6) is -0.539. The molecule has 0 heterocycles. The van der Waals surface area contributed by atoms with Crippen molar-refractivity contribution >= 4 is 5.69 Å². The lowest BCUT2D eigenvalue weighted by molar-refractivity contribution is 0.615. The molecule has 0 aliphatic heterocycles. The molecule has 21 heavy (non-hydrogen) atoms. The number of halogens is 2. The Hall–Kier alpha value is -1.94. The predicted octanol–water partition coefficient (Wildman–Crippen LogP) is 3.49. The molecule has 0 spiro atoms. The standard InChI is InChI=1S/C17H20F2N2/c1-12(20)10-14-4-3-5-16(19)17(14)21(2)11-13-6-8-15(18)9-7-13/h3-9,12H,10-11,20H2,1-2H3. The van der Waals surface area contributed by atoms with E-state index in [0.29, 0.717) is 18.7 Å². The Balaban J connectivity index is 2.25. The first kappa shape index (κ1) is 15.4. The van der Waals surface area contributed by atoms with Gasteiger partial charge < -0.3 is 10.6 Å². The topological polar surface area (TPSA) is 29.3 Å². The molecule has 112 valence electrons. The summed E-state index contributed by atoms with van der Waals surface area (Å²) in [5.41, 5.74) is 8.19. The molecule has 0 saturated carbocycles. The molecule has 0 amide bonds. The minimum Gasteiger partial charge on any atom is -0.368 e. The number of anilines is 1. The number of hydrogen-bond donors (Lipinski definition) is 1. The summed E-state index contributed by atoms with van der Waals surface area (Å²) in [6.07, 6.45) is 0.612. The highest BCUT2D eigenvalue weighted by atomic mass is 19.1. The van der Waals surface area contributed by atoms with Crippen LogP contribution in [0.15, 0.2) is 42.5 Å². The molecular weight excluding hydrogens is 270 g/mol. The van der Waals surface area contributed by atoms with Gasteiger partial charge in [0, 0.05) is 19.6 Å². The Bertz CT molecular complexity index is 594. The van der Waals surface area contributed by atoms with Gasteiger partial charge >= 0.3 is 0 Å². The normalized spacial score (nSPS) is 12.2. The smallest absolute Gasteiger partial charge is 0.146 e. The van der Waals surface area contributed by atoms with E-state index < -0.39 is 0 Å². The van der Waals surface area contributed by atoms with Gasteiger partial charge in [0.05, 0.1) is 5.69 Å². The second-order valence-electron chi connectivity index (χ2n) is 5.41. The van der Waals surface area contributed by atoms with Crippen molar-refractivity contribution in [2.75, 3.05) is 11.9 Å². The molecule has 4 heteroatoms. The van der Waals surface area contributed by atoms with Gasteiger partial charge in [-0.1, -0.05) is 24.3 Å². The Morgan fingerprint density at radius 1 is 1.10 bits per heavy atom. The van der Waals surface area contributed by atoms with E-state index in [1.165, 1.54) is 18.2 Å². The van der Waals surface area contributed by atoms with Crippen molar-refractivity contribution in [1.29, 1.82) is 0 Å². The zero-order valence-corrected chi connectivity index (χ0v) is 12.3. The molecule has 1 atom stereocenters. The van der Waals surface area contributed by atoms with E-state index in [1.54, 1.807) is 18.2 Å². The Morgan fingerprint density at radius 2 is 1.76 bits per heavy atom. The van der Waals surface area contributed by atoms with Gasteiger partial charge in [-0.3, -0.25) is 0 Å². The average molecular weight is 290 g/mol. The van der Waals surface area contributed by atoms with Crippen LogP contribution < -0.4 is 10.6 Å². The van der Waals surface area contributed by atoms with E-state index in [0.717, 1.165) is 11.1 Å². The lowest BCUT2D eigenvalue weighted by atomic mass is 10.0. The van der Waals surface area contributed by atoms with Crippen molar-refractivity contribution in [2.24, 2.45) is 5.73 Å². The summed E-state index contributed by atoms with van der Waals surface area (Å²) < 4.78 is 27.1. The molecule has 2 N–H and O–H groups in total. The first-order valence-corrected chi connectivity index (χ1v) is 6.96. The van der Waals surface area contributed by atoms with E-state index in [9.17, 15) is 8.78 Å². The van der Waals surface area contributed by atoms with Crippen LogP contribution in [0.25, 0.3) is 0 Å². The molecule has 2 nitrogen and oxygen atoms in total. The molecule has 2 aromatic rings. The number of para-hydroxylation sites is 1. The summed E-state index contributed by atoms with van der Waals surface area (Å²) in [5, 5.41) is 0. The van der Waals surface area contributed by atoms with Crippen LogP contribution in [0.2, 0.25) is 0 Å². The van der Waals surface area contributed by atoms with Gasteiger partial charge in [0.2, 0.25) is 0 Å². The van der Waals surface area contributed by atoms with Gasteiger partial charge in [0.1, 0.15) is 11.6 Å². The second kappa shape index (κ2) is 6.68. The predicted molar refractivity (Wildman–Crippen MR) is 82.3 cm³/mol. The highest BCUT2D eigenvalue weighted by Gasteiger charge is 2.14. The fourth-order valence-corrected chi connectivity index (χ4v) is 2.44. The maximum atomic E-state index is 14.2. The molecule has 1 unspecified atom stereocenters. The molecular formula is C17H20F2N2. The lowest BCUT2D eigenvalue weighted by Gasteiger charge is -2.24. The van der Waals surface area contributed by atoms with Crippen LogP contribution in [0.4, 0.5) is 14.5 Å². The highest BCUT2D eigenvalue weighted by Crippen LogP contribution is 2.26. The molecule has 2 rings (SSSR count). The fourth-order valence-electron chi connectivity index (χ4n) is 2.44. The third kappa shape index (κ3) is 4.02. The zero-order chi connectivity index (χ0) is 15.4. The average Bonchev–Trinajstić information content (AvgIpc) is 2.40. The number of nitrogens with zero attached hydrogens (tertiary/aromatic N) is 1. The van der Waals surface area contributed by atoms with E-state index in [2.05, 4.69) is 0 Å². The highest BCUT2D eigenvalue weighted by molar-refractivity contribution is 5.55. The number of rotatable bonds is 5. The number of benzene rings is 2. The number of nitrogens with two attached hydrogens (primary N) is 1. The van der Waals surface area contributed by atoms with Gasteiger partial charge in [0.25, 0.3) is 0 Å². The summed E-state index contributed by atoms with van der Waals surface area (Å²) in [7, 11) is 1.83. The van der Waals surface area contributed by atoms with Gasteiger partial charge in [-0.15, -0.1) is 0 Å². The van der Waals surface area contributed by atoms with Gasteiger partial charge in [-0.25, -0.2) is 8.78 Å². The van der Waals surface area contributed by atoms with Crippen LogP contribution in [0.3, 0.4) is 0 Å². The van der Waals surface area contributed by atoms with E-state index in [4.69, 9.17) is 5.73 Å². The zero-order valence-electron chi connectivity index (χ0n) is 12.3. The third-order valence-corrected chi connectivity index (χ3v) is 3.33. The molecule has 2 aromatic carbocycles. The number of hydrogen-bond acceptors (Lipinski definition) is 2. The molecule has 0 radical (unpaired) electrons. The van der Waals surface area contributed by atoms with Crippen LogP contribution in [0.5, 0.6) is 0 Å². The summed E-state index contributed by atoms with van der Waals surface area (Å²) in [6, 6.07) is 11.2. The van der Waals surface area contributed by atoms with E-state index >= 15 is 0 Å². The fraction of sp³-hybridized carbons (Fsp3) is 0.294. The van der Waals surface area contributed by atoms with Gasteiger partial charge in [0.15, 0.2) is 0 Å². The van der Waals surface area contributed by atoms with Crippen molar-refractivity contribution in [3.8, 4) is 0 Å². The molecule has 0 saturated heterocycles. The van der Waals surface area contributed by atoms with Crippen LogP contribution in [0, 0.1) is 11.6 Å². The second-order valence-corrected chi connectivity index (χ2v) is 5.41. The van der Waals surface area contributed by atoms with Crippen LogP contribution in [0.1, 0.15) is 18.1 Å². The minimum atomic E-state index is -0.273. The lowest BCUT2D eigenvalue weighted by Crippen LogP contribution is -2.23. The first-order chi connectivity index (χ1) is 9.97. The molecule has 0 fully saturated rings. The quantitative estimate of drug-likeness (QED) is 0.913. The van der Waals surface area contributed by atoms with Crippen molar-refractivity contribution in [3.63, 3.8) is 0 Å². The SMILES string of the molecule is CC(N)Cc1cccc(F)c1N(C)Cc1ccc(F)cc1. The first-order valence-electron chi connectivity index (χ1n) is 6.96. The van der Waals surface area contributed by atoms with Crippen molar-refractivity contribution in [2.45, 2.75) is 25.9 Å². The van der Waals surface area contributed by atoms with E-state index in [1.807, 2.05) is 24.9 Å². The molecule has 0 aliphatic carbocycles. The van der Waals surface area contributed by atoms with Crippen molar-refractivity contribution in [3.05, 3.63) is 65.2 Å². The monoisotopic (exact) mass is 290 g/mol. The third-order valence-electron chi connectivity index (χ3n) is 3.33. The van der Waals surface area contributed by atoms with Crippen molar-refractivity contribution in [1.82, 2.24) is 0 Å². The summed E-state index contributed by atoms with van der Waals surface area (Å²) in [6.45, 7) is 2.40. The Labute approximate surface area is 124 Å². The Kier molecular flexibility index (Phi) is 4.91. The maximum Gasteiger partial charge on any atom is 0.146 e. The van der Waals surface area contributed by atoms with Crippen LogP contribution in [-0.2, 0) is 13.0 Å². The molecule has 0 aliphatic rings. The maximum absolute atomic E-state index is 14.2. The van der Waals surface area contributed by atoms with Crippen LogP contribution in [-0.4, -0.2) is 13.1 Å². The Morgan fingerprint density at radius 3 is 2.38 bits per heavy atom. The molecule has 0 bridgehead atoms. The summed E-state index contributed by atoms with van der Waals surface area (Å²) in [4.78, 5) is 1.83. The minimum absolute atomic E-state index is 0.0372.